The molecule has 15 heavy (non-hydrogen) atoms. The van der Waals surface area contributed by atoms with Crippen LogP contribution < -0.4 is 0 Å². The normalized spacial score (nSPS) is 11.1. The van der Waals surface area contributed by atoms with E-state index in [0.29, 0.717) is 0 Å². The average Bonchev–Trinajstić information content (AvgIpc) is 2.74. The monoisotopic (exact) mass is 221 g/mol. The smallest absolute Gasteiger partial charge is 0.166 e. The largest absolute Gasteiger partial charge is 0.330 e. The van der Waals surface area contributed by atoms with Crippen molar-refractivity contribution in [2.75, 3.05) is 0 Å². The number of rotatable bonds is 4. The van der Waals surface area contributed by atoms with E-state index >= 15 is 0 Å². The third-order valence-corrected chi connectivity index (χ3v) is 3.82. The van der Waals surface area contributed by atoms with Gasteiger partial charge in [0.25, 0.3) is 0 Å². The van der Waals surface area contributed by atoms with Gasteiger partial charge in [0.1, 0.15) is 4.83 Å². The number of hydrogen-bond acceptors (Lipinski definition) is 2. The van der Waals surface area contributed by atoms with Crippen LogP contribution in [-0.4, -0.2) is 10.9 Å². The van der Waals surface area contributed by atoms with E-state index in [1.165, 1.54) is 21.5 Å². The Morgan fingerprint density at radius 3 is 2.80 bits per heavy atom. The fourth-order valence-corrected chi connectivity index (χ4v) is 3.23. The van der Waals surface area contributed by atoms with Gasteiger partial charge in [-0.15, -0.1) is 11.3 Å². The summed E-state index contributed by atoms with van der Waals surface area (Å²) in [6.45, 7) is 5.13. The van der Waals surface area contributed by atoms with Crippen LogP contribution in [0.3, 0.4) is 0 Å². The fourth-order valence-electron chi connectivity index (χ4n) is 1.91. The fraction of sp³-hybridized carbons (Fsp3) is 0.417. The van der Waals surface area contributed by atoms with E-state index in [-0.39, 0.29) is 0 Å². The minimum Gasteiger partial charge on any atom is -0.330 e. The van der Waals surface area contributed by atoms with Crippen LogP contribution in [0.1, 0.15) is 35.6 Å². The highest BCUT2D eigenvalue weighted by Gasteiger charge is 2.10. The summed E-state index contributed by atoms with van der Waals surface area (Å²) in [5.74, 6) is 0. The van der Waals surface area contributed by atoms with Gasteiger partial charge in [0.2, 0.25) is 0 Å². The molecule has 80 valence electrons. The number of carbonyl (C=O) groups excluding carboxylic acids is 1. The number of hydrogen-bond donors (Lipinski definition) is 0. The van der Waals surface area contributed by atoms with E-state index in [9.17, 15) is 4.79 Å². The van der Waals surface area contributed by atoms with Gasteiger partial charge >= 0.3 is 0 Å². The van der Waals surface area contributed by atoms with E-state index in [1.54, 1.807) is 0 Å². The second-order valence-corrected chi connectivity index (χ2v) is 4.77. The molecule has 0 spiro atoms. The summed E-state index contributed by atoms with van der Waals surface area (Å²) >= 11 is 1.81. The van der Waals surface area contributed by atoms with Crippen molar-refractivity contribution in [3.05, 3.63) is 22.7 Å². The third kappa shape index (κ3) is 1.72. The van der Waals surface area contributed by atoms with Gasteiger partial charge < -0.3 is 4.57 Å². The number of fused-ring (bicyclic) bond motifs is 1. The van der Waals surface area contributed by atoms with Gasteiger partial charge in [0.05, 0.1) is 5.69 Å². The molecule has 0 N–H and O–H groups in total. The maximum absolute atomic E-state index is 10.8. The Morgan fingerprint density at radius 1 is 1.40 bits per heavy atom. The minimum atomic E-state index is 0.793. The summed E-state index contributed by atoms with van der Waals surface area (Å²) in [5.41, 5.74) is 0.793. The van der Waals surface area contributed by atoms with Crippen LogP contribution in [0.4, 0.5) is 0 Å². The van der Waals surface area contributed by atoms with Gasteiger partial charge in [-0.1, -0.05) is 13.3 Å². The minimum absolute atomic E-state index is 0.793. The first kappa shape index (κ1) is 10.4. The lowest BCUT2D eigenvalue weighted by Gasteiger charge is -2.00. The Labute approximate surface area is 93.5 Å². The van der Waals surface area contributed by atoms with E-state index in [2.05, 4.69) is 24.5 Å². The van der Waals surface area contributed by atoms with Crippen LogP contribution in [0.2, 0.25) is 0 Å². The summed E-state index contributed by atoms with van der Waals surface area (Å²) in [5, 5.41) is 1.22. The standard InChI is InChI=1S/C12H15NOS/c1-3-5-11-7-9-6-10(8-14)13(4-2)12(9)15-11/h6-8H,3-5H2,1-2H3. The zero-order chi connectivity index (χ0) is 10.8. The third-order valence-electron chi connectivity index (χ3n) is 2.58. The SMILES string of the molecule is CCCc1cc2cc(C=O)n(CC)c2s1. The summed E-state index contributed by atoms with van der Waals surface area (Å²) in [4.78, 5) is 13.5. The van der Waals surface area contributed by atoms with E-state index < -0.39 is 0 Å². The number of aldehydes is 1. The molecule has 3 heteroatoms. The van der Waals surface area contributed by atoms with Crippen molar-refractivity contribution in [2.24, 2.45) is 0 Å². The first-order chi connectivity index (χ1) is 7.30. The van der Waals surface area contributed by atoms with Crippen LogP contribution >= 0.6 is 11.3 Å². The Hall–Kier alpha value is -1.09. The quantitative estimate of drug-likeness (QED) is 0.724. The molecule has 0 saturated carbocycles. The average molecular weight is 221 g/mol. The molecule has 0 aliphatic carbocycles. The molecule has 2 rings (SSSR count). The predicted molar refractivity (Wildman–Crippen MR) is 64.9 cm³/mol. The molecule has 2 aromatic heterocycles. The second-order valence-electron chi connectivity index (χ2n) is 3.65. The maximum Gasteiger partial charge on any atom is 0.166 e. The lowest BCUT2D eigenvalue weighted by Crippen LogP contribution is -1.97. The molecular weight excluding hydrogens is 206 g/mol. The van der Waals surface area contributed by atoms with Crippen molar-refractivity contribution in [3.8, 4) is 0 Å². The predicted octanol–water partition coefficient (Wildman–Crippen LogP) is 3.49. The zero-order valence-electron chi connectivity index (χ0n) is 9.12. The molecule has 0 amide bonds. The first-order valence-corrected chi connectivity index (χ1v) is 6.19. The Morgan fingerprint density at radius 2 is 2.20 bits per heavy atom. The molecule has 2 heterocycles. The summed E-state index contributed by atoms with van der Waals surface area (Å²) in [6.07, 6.45) is 3.25. The molecule has 0 radical (unpaired) electrons. The number of aromatic nitrogens is 1. The van der Waals surface area contributed by atoms with E-state index in [0.717, 1.165) is 24.9 Å². The highest BCUT2D eigenvalue weighted by Crippen LogP contribution is 2.29. The highest BCUT2D eigenvalue weighted by atomic mass is 32.1. The molecule has 0 bridgehead atoms. The van der Waals surface area contributed by atoms with Crippen molar-refractivity contribution < 1.29 is 4.79 Å². The number of aryl methyl sites for hydroxylation is 2. The van der Waals surface area contributed by atoms with Crippen molar-refractivity contribution in [3.63, 3.8) is 0 Å². The number of nitrogens with zero attached hydrogens (tertiary/aromatic N) is 1. The van der Waals surface area contributed by atoms with Crippen molar-refractivity contribution >= 4 is 27.8 Å². The van der Waals surface area contributed by atoms with Gasteiger partial charge in [-0.25, -0.2) is 0 Å². The summed E-state index contributed by atoms with van der Waals surface area (Å²) in [6, 6.07) is 4.20. The Kier molecular flexibility index (Phi) is 2.91. The second kappa shape index (κ2) is 4.19. The van der Waals surface area contributed by atoms with Crippen molar-refractivity contribution in [1.82, 2.24) is 4.57 Å². The first-order valence-electron chi connectivity index (χ1n) is 5.37. The van der Waals surface area contributed by atoms with Crippen LogP contribution in [0.15, 0.2) is 12.1 Å². The lowest BCUT2D eigenvalue weighted by atomic mass is 10.2. The molecule has 0 unspecified atom stereocenters. The summed E-state index contributed by atoms with van der Waals surface area (Å²) < 4.78 is 2.09. The number of carbonyl (C=O) groups is 1. The number of thiophene rings is 1. The topological polar surface area (TPSA) is 22.0 Å². The molecular formula is C12H15NOS. The van der Waals surface area contributed by atoms with Gasteiger partial charge in [0, 0.05) is 16.8 Å². The molecule has 0 atom stereocenters. The molecule has 0 aliphatic heterocycles. The van der Waals surface area contributed by atoms with Crippen molar-refractivity contribution in [2.45, 2.75) is 33.2 Å². The zero-order valence-corrected chi connectivity index (χ0v) is 9.93. The highest BCUT2D eigenvalue weighted by molar-refractivity contribution is 7.18. The molecule has 2 aromatic rings. The Balaban J connectivity index is 2.54. The van der Waals surface area contributed by atoms with Gasteiger partial charge in [-0.05, 0) is 25.5 Å². The molecule has 2 nitrogen and oxygen atoms in total. The van der Waals surface area contributed by atoms with Gasteiger partial charge in [-0.2, -0.15) is 0 Å². The molecule has 0 aliphatic rings. The van der Waals surface area contributed by atoms with Crippen LogP contribution in [0.5, 0.6) is 0 Å². The van der Waals surface area contributed by atoms with E-state index in [1.807, 2.05) is 17.4 Å². The van der Waals surface area contributed by atoms with Crippen LogP contribution in [0.25, 0.3) is 10.2 Å². The summed E-state index contributed by atoms with van der Waals surface area (Å²) in [7, 11) is 0. The molecule has 0 saturated heterocycles. The van der Waals surface area contributed by atoms with E-state index in [4.69, 9.17) is 0 Å². The lowest BCUT2D eigenvalue weighted by molar-refractivity contribution is 0.111. The van der Waals surface area contributed by atoms with Crippen LogP contribution in [-0.2, 0) is 13.0 Å². The Bertz CT molecular complexity index is 481. The van der Waals surface area contributed by atoms with Crippen LogP contribution in [0, 0.1) is 0 Å². The van der Waals surface area contributed by atoms with Crippen molar-refractivity contribution in [1.29, 1.82) is 0 Å². The molecule has 0 fully saturated rings. The maximum atomic E-state index is 10.8. The van der Waals surface area contributed by atoms with Gasteiger partial charge in [-0.3, -0.25) is 4.79 Å². The molecule has 0 aromatic carbocycles. The van der Waals surface area contributed by atoms with Gasteiger partial charge in [0.15, 0.2) is 6.29 Å².